The van der Waals surface area contributed by atoms with E-state index in [1.54, 1.807) is 19.4 Å². The molecular weight excluding hydrogens is 398 g/mol. The summed E-state index contributed by atoms with van der Waals surface area (Å²) in [7, 11) is 1.64. The number of imidazole rings is 1. The normalized spacial score (nSPS) is 10.7. The molecule has 0 radical (unpaired) electrons. The highest BCUT2D eigenvalue weighted by atomic mass is 32.2. The van der Waals surface area contributed by atoms with Crippen molar-refractivity contribution in [1.29, 1.82) is 0 Å². The van der Waals surface area contributed by atoms with Gasteiger partial charge in [-0.15, -0.1) is 0 Å². The number of nitrogens with one attached hydrogen (secondary N) is 2. The number of methoxy groups -OCH3 is 1. The predicted molar refractivity (Wildman–Crippen MR) is 117 cm³/mol. The summed E-state index contributed by atoms with van der Waals surface area (Å²) < 4.78 is 10.6. The van der Waals surface area contributed by atoms with Gasteiger partial charge in [0.25, 0.3) is 0 Å². The lowest BCUT2D eigenvalue weighted by Gasteiger charge is -2.04. The number of carbonyl (C=O) groups excluding carboxylic acids is 1. The fraction of sp³-hybridized carbons (Fsp3) is 0.130. The van der Waals surface area contributed by atoms with Crippen LogP contribution in [0.5, 0.6) is 5.75 Å². The zero-order valence-corrected chi connectivity index (χ0v) is 17.2. The van der Waals surface area contributed by atoms with Crippen LogP contribution in [0.15, 0.2) is 82.4 Å². The molecule has 4 aromatic rings. The molecule has 4 rings (SSSR count). The van der Waals surface area contributed by atoms with Gasteiger partial charge in [-0.2, -0.15) is 0 Å². The number of hydrogen-bond acceptors (Lipinski definition) is 5. The zero-order valence-electron chi connectivity index (χ0n) is 16.4. The summed E-state index contributed by atoms with van der Waals surface area (Å²) in [5, 5.41) is 3.63. The van der Waals surface area contributed by atoms with Crippen LogP contribution in [-0.2, 0) is 11.3 Å². The second-order valence-corrected chi connectivity index (χ2v) is 7.47. The number of carbonyl (C=O) groups is 1. The standard InChI is InChI=1S/C23H21N3O3S/c1-28-18-10-5-9-17(13-18)22-25-21(16-7-3-2-4-8-16)23(26-22)30-15-20(27)24-14-19-11-6-12-29-19/h2-13H,14-15H2,1H3,(H,24,27)(H,25,26). The van der Waals surface area contributed by atoms with Crippen LogP contribution in [0.1, 0.15) is 5.76 Å². The van der Waals surface area contributed by atoms with E-state index in [-0.39, 0.29) is 11.7 Å². The highest BCUT2D eigenvalue weighted by Gasteiger charge is 2.16. The number of hydrogen-bond donors (Lipinski definition) is 2. The summed E-state index contributed by atoms with van der Waals surface area (Å²) in [6.45, 7) is 0.369. The van der Waals surface area contributed by atoms with Gasteiger partial charge >= 0.3 is 0 Å². The molecule has 0 fully saturated rings. The fourth-order valence-corrected chi connectivity index (χ4v) is 3.79. The Morgan fingerprint density at radius 1 is 1.10 bits per heavy atom. The first-order chi connectivity index (χ1) is 14.7. The highest BCUT2D eigenvalue weighted by molar-refractivity contribution is 8.00. The van der Waals surface area contributed by atoms with Gasteiger partial charge in [-0.3, -0.25) is 4.79 Å². The molecule has 6 nitrogen and oxygen atoms in total. The van der Waals surface area contributed by atoms with Crippen LogP contribution in [0, 0.1) is 0 Å². The zero-order chi connectivity index (χ0) is 20.8. The van der Waals surface area contributed by atoms with E-state index in [0.717, 1.165) is 39.2 Å². The molecule has 7 heteroatoms. The maximum absolute atomic E-state index is 12.3. The van der Waals surface area contributed by atoms with E-state index in [2.05, 4.69) is 10.3 Å². The number of rotatable bonds is 8. The molecule has 1 amide bonds. The predicted octanol–water partition coefficient (Wildman–Crippen LogP) is 4.75. The summed E-state index contributed by atoms with van der Waals surface area (Å²) in [6.07, 6.45) is 1.59. The number of nitrogens with zero attached hydrogens (tertiary/aromatic N) is 1. The van der Waals surface area contributed by atoms with Crippen LogP contribution in [0.3, 0.4) is 0 Å². The average Bonchev–Trinajstić information content (AvgIpc) is 3.47. The largest absolute Gasteiger partial charge is 0.497 e. The Labute approximate surface area is 178 Å². The minimum Gasteiger partial charge on any atom is -0.497 e. The van der Waals surface area contributed by atoms with Crippen LogP contribution in [0.2, 0.25) is 0 Å². The van der Waals surface area contributed by atoms with E-state index >= 15 is 0 Å². The van der Waals surface area contributed by atoms with Crippen molar-refractivity contribution in [2.24, 2.45) is 0 Å². The van der Waals surface area contributed by atoms with E-state index in [1.165, 1.54) is 11.8 Å². The summed E-state index contributed by atoms with van der Waals surface area (Å²) in [6, 6.07) is 21.3. The van der Waals surface area contributed by atoms with Gasteiger partial charge in [-0.1, -0.05) is 54.2 Å². The monoisotopic (exact) mass is 419 g/mol. The Kier molecular flexibility index (Phi) is 6.20. The van der Waals surface area contributed by atoms with E-state index in [9.17, 15) is 4.79 Å². The third-order valence-electron chi connectivity index (χ3n) is 4.46. The molecule has 0 aliphatic rings. The number of H-pyrrole nitrogens is 1. The van der Waals surface area contributed by atoms with Gasteiger partial charge in [0.2, 0.25) is 5.91 Å². The minimum absolute atomic E-state index is 0.0821. The number of furan rings is 1. The van der Waals surface area contributed by atoms with Crippen molar-refractivity contribution in [2.45, 2.75) is 11.6 Å². The molecule has 0 aliphatic heterocycles. The van der Waals surface area contributed by atoms with E-state index in [1.807, 2.05) is 60.7 Å². The Morgan fingerprint density at radius 3 is 2.70 bits per heavy atom. The number of aromatic nitrogens is 2. The number of benzene rings is 2. The Morgan fingerprint density at radius 2 is 1.93 bits per heavy atom. The van der Waals surface area contributed by atoms with Crippen LogP contribution >= 0.6 is 11.8 Å². The van der Waals surface area contributed by atoms with Crippen molar-refractivity contribution in [3.63, 3.8) is 0 Å². The van der Waals surface area contributed by atoms with Gasteiger partial charge in [0, 0.05) is 11.1 Å². The average molecular weight is 420 g/mol. The molecule has 0 spiro atoms. The molecular formula is C23H21N3O3S. The Hall–Kier alpha value is -3.45. The van der Waals surface area contributed by atoms with E-state index < -0.39 is 0 Å². The third kappa shape index (κ3) is 4.75. The molecule has 0 saturated heterocycles. The maximum Gasteiger partial charge on any atom is 0.230 e. The number of aromatic amines is 1. The van der Waals surface area contributed by atoms with Crippen molar-refractivity contribution in [3.05, 3.63) is 78.8 Å². The van der Waals surface area contributed by atoms with E-state index in [4.69, 9.17) is 14.1 Å². The molecule has 0 unspecified atom stereocenters. The molecule has 30 heavy (non-hydrogen) atoms. The Bertz CT molecular complexity index is 1110. The lowest BCUT2D eigenvalue weighted by atomic mass is 10.2. The first-order valence-corrected chi connectivity index (χ1v) is 10.4. The molecule has 2 aromatic carbocycles. The molecule has 0 saturated carbocycles. The van der Waals surface area contributed by atoms with Crippen molar-refractivity contribution >= 4 is 17.7 Å². The van der Waals surface area contributed by atoms with Crippen molar-refractivity contribution in [3.8, 4) is 28.4 Å². The van der Waals surface area contributed by atoms with Crippen molar-refractivity contribution in [1.82, 2.24) is 15.3 Å². The lowest BCUT2D eigenvalue weighted by Crippen LogP contribution is -2.24. The topological polar surface area (TPSA) is 80.2 Å². The lowest BCUT2D eigenvalue weighted by molar-refractivity contribution is -0.118. The van der Waals surface area contributed by atoms with Crippen LogP contribution < -0.4 is 10.1 Å². The van der Waals surface area contributed by atoms with Gasteiger partial charge in [0.1, 0.15) is 22.4 Å². The summed E-state index contributed by atoms with van der Waals surface area (Å²) in [5.41, 5.74) is 2.82. The van der Waals surface area contributed by atoms with Gasteiger partial charge < -0.3 is 19.5 Å². The second kappa shape index (κ2) is 9.37. The summed E-state index contributed by atoms with van der Waals surface area (Å²) in [5.74, 6) is 2.38. The van der Waals surface area contributed by atoms with Gasteiger partial charge in [-0.25, -0.2) is 4.98 Å². The summed E-state index contributed by atoms with van der Waals surface area (Å²) >= 11 is 1.40. The quantitative estimate of drug-likeness (QED) is 0.403. The molecule has 152 valence electrons. The second-order valence-electron chi connectivity index (χ2n) is 6.51. The van der Waals surface area contributed by atoms with Crippen LogP contribution in [0.4, 0.5) is 0 Å². The smallest absolute Gasteiger partial charge is 0.230 e. The fourth-order valence-electron chi connectivity index (χ4n) is 2.95. The van der Waals surface area contributed by atoms with Crippen LogP contribution in [0.25, 0.3) is 22.6 Å². The van der Waals surface area contributed by atoms with Crippen LogP contribution in [-0.4, -0.2) is 28.7 Å². The Balaban J connectivity index is 1.54. The number of amides is 1. The molecule has 2 aromatic heterocycles. The number of thioether (sulfide) groups is 1. The highest BCUT2D eigenvalue weighted by Crippen LogP contribution is 2.33. The van der Waals surface area contributed by atoms with Gasteiger partial charge in [0.15, 0.2) is 0 Å². The van der Waals surface area contributed by atoms with Crippen molar-refractivity contribution < 1.29 is 13.9 Å². The molecule has 0 bridgehead atoms. The SMILES string of the molecule is COc1cccc(-c2nc(SCC(=O)NCc3ccco3)c(-c3ccccc3)[nH]2)c1. The first-order valence-electron chi connectivity index (χ1n) is 9.44. The molecule has 0 aliphatic carbocycles. The van der Waals surface area contributed by atoms with Gasteiger partial charge in [0.05, 0.1) is 31.4 Å². The van der Waals surface area contributed by atoms with Crippen molar-refractivity contribution in [2.75, 3.05) is 12.9 Å². The molecule has 0 atom stereocenters. The third-order valence-corrected chi connectivity index (χ3v) is 5.43. The molecule has 2 heterocycles. The summed E-state index contributed by atoms with van der Waals surface area (Å²) in [4.78, 5) is 20.5. The maximum atomic E-state index is 12.3. The van der Waals surface area contributed by atoms with E-state index in [0.29, 0.717) is 6.54 Å². The molecule has 2 N–H and O–H groups in total. The minimum atomic E-state index is -0.0821. The first kappa shape index (κ1) is 19.8. The number of ether oxygens (including phenoxy) is 1. The van der Waals surface area contributed by atoms with Gasteiger partial charge in [-0.05, 0) is 24.3 Å².